The SMILES string of the molecule is CC(C)N1C(=O)CC(NC(=O)C(C)(N)c2ccc(Br)cc2)C1=O. The Kier molecular flexibility index (Phi) is 4.91. The Morgan fingerprint density at radius 1 is 1.35 bits per heavy atom. The smallest absolute Gasteiger partial charge is 0.252 e. The van der Waals surface area contributed by atoms with Gasteiger partial charge >= 0.3 is 0 Å². The summed E-state index contributed by atoms with van der Waals surface area (Å²) in [6.07, 6.45) is -0.0286. The molecule has 124 valence electrons. The van der Waals surface area contributed by atoms with Crippen molar-refractivity contribution < 1.29 is 14.4 Å². The third-order valence-electron chi connectivity index (χ3n) is 3.92. The van der Waals surface area contributed by atoms with Crippen molar-refractivity contribution in [1.29, 1.82) is 0 Å². The van der Waals surface area contributed by atoms with Crippen LogP contribution in [0.1, 0.15) is 32.8 Å². The predicted octanol–water partition coefficient (Wildman–Crippen LogP) is 1.28. The number of halogens is 1. The zero-order chi connectivity index (χ0) is 17.4. The van der Waals surface area contributed by atoms with E-state index in [-0.39, 0.29) is 24.3 Å². The summed E-state index contributed by atoms with van der Waals surface area (Å²) in [5.74, 6) is -1.15. The number of nitrogens with zero attached hydrogens (tertiary/aromatic N) is 1. The first-order valence-corrected chi connectivity index (χ1v) is 8.15. The number of imide groups is 1. The molecule has 1 fully saturated rings. The topological polar surface area (TPSA) is 92.5 Å². The summed E-state index contributed by atoms with van der Waals surface area (Å²) in [6, 6.07) is 5.98. The summed E-state index contributed by atoms with van der Waals surface area (Å²) in [7, 11) is 0. The Bertz CT molecular complexity index is 640. The number of carbonyl (C=O) groups is 3. The van der Waals surface area contributed by atoms with Crippen molar-refractivity contribution in [2.24, 2.45) is 5.73 Å². The van der Waals surface area contributed by atoms with Gasteiger partial charge in [-0.15, -0.1) is 0 Å². The molecule has 2 unspecified atom stereocenters. The fraction of sp³-hybridized carbons (Fsp3) is 0.438. The lowest BCUT2D eigenvalue weighted by Crippen LogP contribution is -2.53. The third-order valence-corrected chi connectivity index (χ3v) is 4.45. The first-order valence-electron chi connectivity index (χ1n) is 7.36. The molecule has 1 aromatic rings. The molecular weight excluding hydrogens is 362 g/mol. The molecule has 7 heteroatoms. The maximum absolute atomic E-state index is 12.5. The molecule has 1 heterocycles. The second-order valence-electron chi connectivity index (χ2n) is 6.14. The quantitative estimate of drug-likeness (QED) is 0.768. The molecule has 2 atom stereocenters. The minimum Gasteiger partial charge on any atom is -0.342 e. The normalized spacial score (nSPS) is 20.8. The maximum Gasteiger partial charge on any atom is 0.252 e. The van der Waals surface area contributed by atoms with Crippen LogP contribution < -0.4 is 11.1 Å². The lowest BCUT2D eigenvalue weighted by molar-refractivity contribution is -0.141. The third kappa shape index (κ3) is 3.45. The van der Waals surface area contributed by atoms with Gasteiger partial charge in [-0.1, -0.05) is 28.1 Å². The van der Waals surface area contributed by atoms with Gasteiger partial charge in [-0.25, -0.2) is 0 Å². The van der Waals surface area contributed by atoms with Crippen LogP contribution >= 0.6 is 15.9 Å². The lowest BCUT2D eigenvalue weighted by Gasteiger charge is -2.26. The van der Waals surface area contributed by atoms with Crippen LogP contribution in [0.15, 0.2) is 28.7 Å². The van der Waals surface area contributed by atoms with Crippen LogP contribution in [-0.4, -0.2) is 34.7 Å². The number of rotatable bonds is 4. The molecule has 2 rings (SSSR count). The molecule has 3 N–H and O–H groups in total. The fourth-order valence-electron chi connectivity index (χ4n) is 2.54. The number of likely N-dealkylation sites (tertiary alicyclic amines) is 1. The van der Waals surface area contributed by atoms with Crippen LogP contribution in [0.25, 0.3) is 0 Å². The van der Waals surface area contributed by atoms with Gasteiger partial charge in [-0.2, -0.15) is 0 Å². The van der Waals surface area contributed by atoms with E-state index in [1.807, 2.05) is 0 Å². The molecule has 23 heavy (non-hydrogen) atoms. The van der Waals surface area contributed by atoms with E-state index in [0.717, 1.165) is 4.47 Å². The van der Waals surface area contributed by atoms with E-state index in [4.69, 9.17) is 5.73 Å². The van der Waals surface area contributed by atoms with E-state index in [1.165, 1.54) is 4.90 Å². The molecule has 6 nitrogen and oxygen atoms in total. The molecule has 1 aromatic carbocycles. The van der Waals surface area contributed by atoms with Gasteiger partial charge < -0.3 is 11.1 Å². The van der Waals surface area contributed by atoms with E-state index in [2.05, 4.69) is 21.2 Å². The number of amides is 3. The summed E-state index contributed by atoms with van der Waals surface area (Å²) in [6.45, 7) is 5.09. The second-order valence-corrected chi connectivity index (χ2v) is 7.05. The molecule has 0 spiro atoms. The van der Waals surface area contributed by atoms with Gasteiger partial charge in [0.2, 0.25) is 11.8 Å². The molecule has 1 saturated heterocycles. The van der Waals surface area contributed by atoms with Gasteiger partial charge in [-0.3, -0.25) is 19.3 Å². The first-order chi connectivity index (χ1) is 10.6. The van der Waals surface area contributed by atoms with Crippen molar-refractivity contribution in [3.05, 3.63) is 34.3 Å². The highest BCUT2D eigenvalue weighted by molar-refractivity contribution is 9.10. The molecule has 1 aliphatic rings. The minimum absolute atomic E-state index is 0.0286. The van der Waals surface area contributed by atoms with Gasteiger partial charge in [0, 0.05) is 10.5 Å². The van der Waals surface area contributed by atoms with Crippen LogP contribution in [0.3, 0.4) is 0 Å². The molecule has 0 saturated carbocycles. The highest BCUT2D eigenvalue weighted by Gasteiger charge is 2.42. The summed E-state index contributed by atoms with van der Waals surface area (Å²) in [5, 5.41) is 2.61. The number of nitrogens with one attached hydrogen (secondary N) is 1. The summed E-state index contributed by atoms with van der Waals surface area (Å²) < 4.78 is 0.876. The maximum atomic E-state index is 12.5. The Morgan fingerprint density at radius 2 is 1.91 bits per heavy atom. The average molecular weight is 382 g/mol. The van der Waals surface area contributed by atoms with Crippen molar-refractivity contribution in [2.75, 3.05) is 0 Å². The van der Waals surface area contributed by atoms with Crippen LogP contribution in [0.5, 0.6) is 0 Å². The van der Waals surface area contributed by atoms with Crippen LogP contribution in [-0.2, 0) is 19.9 Å². The summed E-state index contributed by atoms with van der Waals surface area (Å²) in [4.78, 5) is 37.8. The van der Waals surface area contributed by atoms with Gasteiger partial charge in [0.25, 0.3) is 5.91 Å². The minimum atomic E-state index is -1.30. The molecule has 0 aromatic heterocycles. The number of hydrogen-bond acceptors (Lipinski definition) is 4. The van der Waals surface area contributed by atoms with E-state index in [0.29, 0.717) is 5.56 Å². The van der Waals surface area contributed by atoms with Crippen molar-refractivity contribution in [3.63, 3.8) is 0 Å². The highest BCUT2D eigenvalue weighted by atomic mass is 79.9. The highest BCUT2D eigenvalue weighted by Crippen LogP contribution is 2.22. The molecule has 0 radical (unpaired) electrons. The van der Waals surface area contributed by atoms with E-state index >= 15 is 0 Å². The fourth-order valence-corrected chi connectivity index (χ4v) is 2.81. The lowest BCUT2D eigenvalue weighted by atomic mass is 9.92. The Morgan fingerprint density at radius 3 is 2.39 bits per heavy atom. The zero-order valence-corrected chi connectivity index (χ0v) is 14.9. The Hall–Kier alpha value is -1.73. The predicted molar refractivity (Wildman–Crippen MR) is 89.2 cm³/mol. The Labute approximate surface area is 143 Å². The monoisotopic (exact) mass is 381 g/mol. The van der Waals surface area contributed by atoms with Crippen LogP contribution in [0.2, 0.25) is 0 Å². The van der Waals surface area contributed by atoms with Gasteiger partial charge in [0.05, 0.1) is 6.42 Å². The summed E-state index contributed by atoms with van der Waals surface area (Å²) in [5.41, 5.74) is 5.47. The van der Waals surface area contributed by atoms with Gasteiger partial charge in [-0.05, 0) is 38.5 Å². The van der Waals surface area contributed by atoms with E-state index in [1.54, 1.807) is 45.0 Å². The van der Waals surface area contributed by atoms with E-state index < -0.39 is 17.5 Å². The second kappa shape index (κ2) is 6.41. The molecular formula is C16H20BrN3O3. The van der Waals surface area contributed by atoms with Gasteiger partial charge in [0.1, 0.15) is 11.6 Å². The number of nitrogens with two attached hydrogens (primary N) is 1. The van der Waals surface area contributed by atoms with Crippen LogP contribution in [0, 0.1) is 0 Å². The number of benzene rings is 1. The number of carbonyl (C=O) groups excluding carboxylic acids is 3. The molecule has 3 amide bonds. The zero-order valence-electron chi connectivity index (χ0n) is 13.3. The van der Waals surface area contributed by atoms with Gasteiger partial charge in [0.15, 0.2) is 0 Å². The average Bonchev–Trinajstić information content (AvgIpc) is 2.73. The first kappa shape index (κ1) is 17.6. The largest absolute Gasteiger partial charge is 0.342 e. The van der Waals surface area contributed by atoms with E-state index in [9.17, 15) is 14.4 Å². The molecule has 0 bridgehead atoms. The summed E-state index contributed by atoms with van der Waals surface area (Å²) >= 11 is 3.33. The van der Waals surface area contributed by atoms with Crippen LogP contribution in [0.4, 0.5) is 0 Å². The molecule has 0 aliphatic carbocycles. The standard InChI is InChI=1S/C16H20BrN3O3/c1-9(2)20-13(21)8-12(14(20)22)19-15(23)16(3,18)10-4-6-11(17)7-5-10/h4-7,9,12H,8,18H2,1-3H3,(H,19,23). The van der Waals surface area contributed by atoms with Crippen molar-refractivity contribution >= 4 is 33.7 Å². The molecule has 1 aliphatic heterocycles. The van der Waals surface area contributed by atoms with Crippen molar-refractivity contribution in [1.82, 2.24) is 10.2 Å². The van der Waals surface area contributed by atoms with Crippen molar-refractivity contribution in [2.45, 2.75) is 44.8 Å². The van der Waals surface area contributed by atoms with Crippen molar-refractivity contribution in [3.8, 4) is 0 Å². The Balaban J connectivity index is 2.14. The number of hydrogen-bond donors (Lipinski definition) is 2.